The molecule has 1 aromatic heterocycles. The highest BCUT2D eigenvalue weighted by Crippen LogP contribution is 2.21. The molecule has 1 rings (SSSR count). The first-order valence-corrected chi connectivity index (χ1v) is 9.26. The molecule has 0 saturated carbocycles. The number of hydrogen-bond donors (Lipinski definition) is 2. The Bertz CT molecular complexity index is 488. The molecule has 0 aliphatic rings. The summed E-state index contributed by atoms with van der Waals surface area (Å²) in [7, 11) is -1.79. The van der Waals surface area contributed by atoms with Crippen LogP contribution in [0.1, 0.15) is 18.2 Å². The summed E-state index contributed by atoms with van der Waals surface area (Å²) in [4.78, 5) is 1.01. The maximum Gasteiger partial charge on any atom is 0.250 e. The molecular formula is C13H24N2O4S2. The van der Waals surface area contributed by atoms with E-state index < -0.39 is 10.0 Å². The number of hydrogen-bond acceptors (Lipinski definition) is 6. The van der Waals surface area contributed by atoms with Gasteiger partial charge >= 0.3 is 0 Å². The fraction of sp³-hybridized carbons (Fsp3) is 0.692. The summed E-state index contributed by atoms with van der Waals surface area (Å²) in [6.45, 7) is 5.54. The molecule has 8 heteroatoms. The smallest absolute Gasteiger partial charge is 0.250 e. The lowest BCUT2D eigenvalue weighted by Gasteiger charge is -2.05. The highest BCUT2D eigenvalue weighted by atomic mass is 32.2. The summed E-state index contributed by atoms with van der Waals surface area (Å²) in [6.07, 6.45) is 0.637. The van der Waals surface area contributed by atoms with Crippen LogP contribution in [0.2, 0.25) is 0 Å². The molecule has 0 unspecified atom stereocenters. The second-order valence-corrected chi connectivity index (χ2v) is 7.52. The number of methoxy groups -OCH3 is 1. The van der Waals surface area contributed by atoms with Crippen molar-refractivity contribution < 1.29 is 17.9 Å². The molecule has 0 radical (unpaired) electrons. The largest absolute Gasteiger partial charge is 0.382 e. The Morgan fingerprint density at radius 2 is 2.05 bits per heavy atom. The number of rotatable bonds is 12. The van der Waals surface area contributed by atoms with Gasteiger partial charge in [-0.3, -0.25) is 0 Å². The fourth-order valence-electron chi connectivity index (χ4n) is 1.54. The Labute approximate surface area is 130 Å². The van der Waals surface area contributed by atoms with Crippen LogP contribution in [0, 0.1) is 0 Å². The molecule has 0 aromatic carbocycles. The summed E-state index contributed by atoms with van der Waals surface area (Å²) in [5.41, 5.74) is 0. The monoisotopic (exact) mass is 336 g/mol. The van der Waals surface area contributed by atoms with Gasteiger partial charge in [-0.2, -0.15) is 0 Å². The van der Waals surface area contributed by atoms with Gasteiger partial charge in [-0.25, -0.2) is 13.1 Å². The van der Waals surface area contributed by atoms with E-state index in [-0.39, 0.29) is 0 Å². The number of thiophene rings is 1. The molecule has 1 aromatic rings. The molecule has 0 fully saturated rings. The van der Waals surface area contributed by atoms with E-state index >= 15 is 0 Å². The average Bonchev–Trinajstić information content (AvgIpc) is 2.94. The Morgan fingerprint density at radius 1 is 1.24 bits per heavy atom. The average molecular weight is 336 g/mol. The van der Waals surface area contributed by atoms with Gasteiger partial charge in [0.15, 0.2) is 0 Å². The molecule has 0 spiro atoms. The number of sulfonamides is 1. The van der Waals surface area contributed by atoms with Crippen molar-refractivity contribution in [2.45, 2.75) is 24.1 Å². The summed E-state index contributed by atoms with van der Waals surface area (Å²) in [6, 6.07) is 3.49. The third-order valence-electron chi connectivity index (χ3n) is 2.64. The first kappa shape index (κ1) is 18.5. The third kappa shape index (κ3) is 7.35. The summed E-state index contributed by atoms with van der Waals surface area (Å²) < 4.78 is 37.2. The predicted octanol–water partition coefficient (Wildman–Crippen LogP) is 1.19. The van der Waals surface area contributed by atoms with Gasteiger partial charge in [0.05, 0.1) is 13.2 Å². The van der Waals surface area contributed by atoms with Crippen molar-refractivity contribution in [2.24, 2.45) is 0 Å². The molecule has 0 bridgehead atoms. The zero-order valence-electron chi connectivity index (χ0n) is 12.6. The van der Waals surface area contributed by atoms with E-state index in [9.17, 15) is 8.42 Å². The summed E-state index contributed by atoms with van der Waals surface area (Å²) in [5, 5.41) is 3.17. The molecule has 0 saturated heterocycles. The van der Waals surface area contributed by atoms with Crippen molar-refractivity contribution in [1.29, 1.82) is 0 Å². The van der Waals surface area contributed by atoms with Crippen LogP contribution in [-0.4, -0.2) is 48.4 Å². The number of ether oxygens (including phenoxy) is 2. The molecule has 6 nitrogen and oxygen atoms in total. The minimum absolute atomic E-state index is 0.357. The first-order valence-electron chi connectivity index (χ1n) is 6.96. The topological polar surface area (TPSA) is 76.7 Å². The van der Waals surface area contributed by atoms with E-state index in [0.29, 0.717) is 43.5 Å². The molecular weight excluding hydrogens is 312 g/mol. The zero-order chi connectivity index (χ0) is 15.6. The molecule has 122 valence electrons. The lowest BCUT2D eigenvalue weighted by Crippen LogP contribution is -2.25. The quantitative estimate of drug-likeness (QED) is 0.561. The van der Waals surface area contributed by atoms with Gasteiger partial charge in [-0.05, 0) is 25.1 Å². The van der Waals surface area contributed by atoms with Gasteiger partial charge < -0.3 is 14.8 Å². The summed E-state index contributed by atoms with van der Waals surface area (Å²) >= 11 is 1.29. The Morgan fingerprint density at radius 3 is 2.76 bits per heavy atom. The molecule has 0 amide bonds. The van der Waals surface area contributed by atoms with Crippen molar-refractivity contribution in [1.82, 2.24) is 10.0 Å². The normalized spacial score (nSPS) is 11.9. The van der Waals surface area contributed by atoms with Crippen LogP contribution in [0.4, 0.5) is 0 Å². The second-order valence-electron chi connectivity index (χ2n) is 4.36. The highest BCUT2D eigenvalue weighted by Gasteiger charge is 2.15. The fourth-order valence-corrected chi connectivity index (χ4v) is 3.99. The lowest BCUT2D eigenvalue weighted by atomic mass is 10.4. The van der Waals surface area contributed by atoms with Gasteiger partial charge in [-0.15, -0.1) is 11.3 Å². The first-order chi connectivity index (χ1) is 10.1. The van der Waals surface area contributed by atoms with E-state index in [1.165, 1.54) is 11.3 Å². The highest BCUT2D eigenvalue weighted by molar-refractivity contribution is 7.91. The zero-order valence-corrected chi connectivity index (χ0v) is 14.2. The maximum atomic E-state index is 12.1. The van der Waals surface area contributed by atoms with Gasteiger partial charge in [0.1, 0.15) is 4.21 Å². The second kappa shape index (κ2) is 10.3. The van der Waals surface area contributed by atoms with E-state index in [1.54, 1.807) is 13.2 Å². The molecule has 0 aliphatic heterocycles. The van der Waals surface area contributed by atoms with Crippen molar-refractivity contribution in [3.8, 4) is 0 Å². The van der Waals surface area contributed by atoms with Crippen LogP contribution in [0.15, 0.2) is 16.3 Å². The molecule has 0 aliphatic carbocycles. The van der Waals surface area contributed by atoms with Crippen LogP contribution >= 0.6 is 11.3 Å². The van der Waals surface area contributed by atoms with Crippen molar-refractivity contribution in [3.05, 3.63) is 17.0 Å². The third-order valence-corrected chi connectivity index (χ3v) is 5.68. The van der Waals surface area contributed by atoms with Gasteiger partial charge in [0, 0.05) is 31.7 Å². The molecule has 21 heavy (non-hydrogen) atoms. The maximum absolute atomic E-state index is 12.1. The van der Waals surface area contributed by atoms with E-state index in [4.69, 9.17) is 9.47 Å². The van der Waals surface area contributed by atoms with E-state index in [0.717, 1.165) is 11.4 Å². The predicted molar refractivity (Wildman–Crippen MR) is 84.2 cm³/mol. The van der Waals surface area contributed by atoms with Crippen molar-refractivity contribution in [3.63, 3.8) is 0 Å². The van der Waals surface area contributed by atoms with Crippen LogP contribution in [0.5, 0.6) is 0 Å². The molecule has 1 heterocycles. The van der Waals surface area contributed by atoms with Gasteiger partial charge in [0.2, 0.25) is 10.0 Å². The van der Waals surface area contributed by atoms with Crippen molar-refractivity contribution in [2.75, 3.05) is 40.0 Å². The summed E-state index contributed by atoms with van der Waals surface area (Å²) in [5.74, 6) is 0. The van der Waals surface area contributed by atoms with Crippen molar-refractivity contribution >= 4 is 21.4 Å². The van der Waals surface area contributed by atoms with Gasteiger partial charge in [-0.1, -0.05) is 6.92 Å². The lowest BCUT2D eigenvalue weighted by molar-refractivity contribution is 0.0699. The SMILES string of the molecule is CCNCc1ccc(S(=O)(=O)NCCCOCCOC)s1. The molecule has 2 N–H and O–H groups in total. The van der Waals surface area contributed by atoms with Crippen LogP contribution in [0.3, 0.4) is 0 Å². The van der Waals surface area contributed by atoms with Gasteiger partial charge in [0.25, 0.3) is 0 Å². The van der Waals surface area contributed by atoms with E-state index in [2.05, 4.69) is 10.0 Å². The standard InChI is InChI=1S/C13H24N2O4S2/c1-3-14-11-12-5-6-13(20-12)21(16,17)15-7-4-8-19-10-9-18-2/h5-6,14-15H,3-4,7-11H2,1-2H3. The van der Waals surface area contributed by atoms with Crippen LogP contribution in [-0.2, 0) is 26.0 Å². The Kier molecular flexibility index (Phi) is 9.05. The van der Waals surface area contributed by atoms with Crippen LogP contribution in [0.25, 0.3) is 0 Å². The molecule has 0 atom stereocenters. The Hall–Kier alpha value is -0.510. The minimum Gasteiger partial charge on any atom is -0.382 e. The van der Waals surface area contributed by atoms with E-state index in [1.807, 2.05) is 13.0 Å². The Balaban J connectivity index is 2.31. The van der Waals surface area contributed by atoms with Crippen LogP contribution < -0.4 is 10.0 Å². The number of nitrogens with one attached hydrogen (secondary N) is 2. The minimum atomic E-state index is -3.40.